The summed E-state index contributed by atoms with van der Waals surface area (Å²) in [7, 11) is 1.91. The zero-order chi connectivity index (χ0) is 15.4. The van der Waals surface area contributed by atoms with Crippen LogP contribution in [-0.2, 0) is 6.54 Å². The lowest BCUT2D eigenvalue weighted by Gasteiger charge is -2.21. The number of aliphatic hydroxyl groups is 1. The minimum atomic E-state index is -0.591. The number of aliphatic hydroxyl groups excluding tert-OH is 1. The first-order valence-corrected chi connectivity index (χ1v) is 7.52. The molecule has 0 aliphatic carbocycles. The molecule has 1 aromatic heterocycles. The molecule has 1 atom stereocenters. The number of likely N-dealkylation sites (N-methyl/N-ethyl adjacent to an activating group) is 1. The van der Waals surface area contributed by atoms with E-state index in [-0.39, 0.29) is 0 Å². The Morgan fingerprint density at radius 1 is 1.10 bits per heavy atom. The molecule has 2 aromatic rings. The quantitative estimate of drug-likeness (QED) is 0.825. The Kier molecular flexibility index (Phi) is 5.85. The second kappa shape index (κ2) is 7.43. The smallest absolute Gasteiger partial charge is 0.135 e. The summed E-state index contributed by atoms with van der Waals surface area (Å²) in [4.78, 5) is 5.97. The van der Waals surface area contributed by atoms with Crippen molar-refractivity contribution in [3.05, 3.63) is 62.9 Å². The van der Waals surface area contributed by atoms with Gasteiger partial charge < -0.3 is 5.11 Å². The minimum absolute atomic E-state index is 0.368. The van der Waals surface area contributed by atoms with Crippen molar-refractivity contribution in [1.29, 1.82) is 0 Å². The fraction of sp³-hybridized carbons (Fsp3) is 0.267. The van der Waals surface area contributed by atoms with Crippen LogP contribution in [0.2, 0.25) is 15.3 Å². The minimum Gasteiger partial charge on any atom is -0.387 e. The molecule has 0 aliphatic rings. The monoisotopic (exact) mass is 344 g/mol. The van der Waals surface area contributed by atoms with Gasteiger partial charge in [0.2, 0.25) is 0 Å². The Balaban J connectivity index is 1.97. The average Bonchev–Trinajstić information content (AvgIpc) is 2.42. The van der Waals surface area contributed by atoms with E-state index in [4.69, 9.17) is 34.8 Å². The number of hydrogen-bond acceptors (Lipinski definition) is 3. The van der Waals surface area contributed by atoms with Gasteiger partial charge in [-0.15, -0.1) is 0 Å². The molecule has 0 aliphatic heterocycles. The Morgan fingerprint density at radius 3 is 2.38 bits per heavy atom. The van der Waals surface area contributed by atoms with Gasteiger partial charge in [0.15, 0.2) is 0 Å². The SMILES string of the molecule is CN(Cc1ccc(Cl)nc1Cl)CC(O)c1ccc(Cl)cc1. The highest BCUT2D eigenvalue weighted by atomic mass is 35.5. The molecule has 1 N–H and O–H groups in total. The highest BCUT2D eigenvalue weighted by Crippen LogP contribution is 2.20. The lowest BCUT2D eigenvalue weighted by Crippen LogP contribution is -2.24. The van der Waals surface area contributed by atoms with Crippen molar-refractivity contribution in [2.45, 2.75) is 12.6 Å². The second-order valence-electron chi connectivity index (χ2n) is 4.85. The molecule has 21 heavy (non-hydrogen) atoms. The summed E-state index contributed by atoms with van der Waals surface area (Å²) in [6.07, 6.45) is -0.591. The van der Waals surface area contributed by atoms with Crippen LogP contribution in [0.4, 0.5) is 0 Å². The Labute approximate surface area is 139 Å². The molecule has 0 saturated carbocycles. The predicted octanol–water partition coefficient (Wildman–Crippen LogP) is 4.21. The van der Waals surface area contributed by atoms with E-state index in [0.29, 0.717) is 28.4 Å². The maximum atomic E-state index is 10.2. The van der Waals surface area contributed by atoms with Gasteiger partial charge in [0.05, 0.1) is 6.10 Å². The van der Waals surface area contributed by atoms with Crippen molar-refractivity contribution in [3.8, 4) is 0 Å². The van der Waals surface area contributed by atoms with Crippen molar-refractivity contribution in [3.63, 3.8) is 0 Å². The van der Waals surface area contributed by atoms with Crippen LogP contribution in [-0.4, -0.2) is 28.6 Å². The lowest BCUT2D eigenvalue weighted by atomic mass is 10.1. The van der Waals surface area contributed by atoms with Crippen LogP contribution in [0.25, 0.3) is 0 Å². The Hall–Kier alpha value is -0.840. The maximum Gasteiger partial charge on any atom is 0.135 e. The summed E-state index contributed by atoms with van der Waals surface area (Å²) >= 11 is 17.7. The third-order valence-electron chi connectivity index (χ3n) is 3.07. The fourth-order valence-electron chi connectivity index (χ4n) is 2.00. The van der Waals surface area contributed by atoms with Gasteiger partial charge in [-0.1, -0.05) is 53.0 Å². The number of rotatable bonds is 5. The third-order valence-corrected chi connectivity index (χ3v) is 3.86. The van der Waals surface area contributed by atoms with Crippen LogP contribution >= 0.6 is 34.8 Å². The highest BCUT2D eigenvalue weighted by molar-refractivity contribution is 6.32. The van der Waals surface area contributed by atoms with E-state index in [1.807, 2.05) is 30.1 Å². The normalized spacial score (nSPS) is 12.7. The van der Waals surface area contributed by atoms with Crippen LogP contribution in [0.15, 0.2) is 36.4 Å². The standard InChI is InChI=1S/C15H15Cl3N2O/c1-20(8-11-4-7-14(17)19-15(11)18)9-13(21)10-2-5-12(16)6-3-10/h2-7,13,21H,8-9H2,1H3. The second-order valence-corrected chi connectivity index (χ2v) is 6.03. The maximum absolute atomic E-state index is 10.2. The van der Waals surface area contributed by atoms with E-state index in [1.165, 1.54) is 0 Å². The molecule has 2 rings (SSSR count). The van der Waals surface area contributed by atoms with E-state index in [1.54, 1.807) is 18.2 Å². The van der Waals surface area contributed by atoms with Gasteiger partial charge in [0, 0.05) is 23.7 Å². The number of pyridine rings is 1. The number of halogens is 3. The van der Waals surface area contributed by atoms with Gasteiger partial charge in [0.1, 0.15) is 10.3 Å². The van der Waals surface area contributed by atoms with Crippen LogP contribution in [0.1, 0.15) is 17.2 Å². The van der Waals surface area contributed by atoms with Crippen LogP contribution in [0.5, 0.6) is 0 Å². The summed E-state index contributed by atoms with van der Waals surface area (Å²) in [5.74, 6) is 0. The van der Waals surface area contributed by atoms with Crippen molar-refractivity contribution in [1.82, 2.24) is 9.88 Å². The predicted molar refractivity (Wildman–Crippen MR) is 87.0 cm³/mol. The Morgan fingerprint density at radius 2 is 1.76 bits per heavy atom. The zero-order valence-corrected chi connectivity index (χ0v) is 13.7. The zero-order valence-electron chi connectivity index (χ0n) is 11.4. The molecule has 0 fully saturated rings. The van der Waals surface area contributed by atoms with Gasteiger partial charge in [-0.2, -0.15) is 0 Å². The topological polar surface area (TPSA) is 36.4 Å². The molecule has 1 heterocycles. The fourth-order valence-corrected chi connectivity index (χ4v) is 2.53. The van der Waals surface area contributed by atoms with Gasteiger partial charge in [-0.05, 0) is 30.8 Å². The molecule has 0 radical (unpaired) electrons. The molecular weight excluding hydrogens is 331 g/mol. The van der Waals surface area contributed by atoms with Crippen LogP contribution < -0.4 is 0 Å². The molecule has 0 bridgehead atoms. The van der Waals surface area contributed by atoms with E-state index in [0.717, 1.165) is 11.1 Å². The van der Waals surface area contributed by atoms with Crippen molar-refractivity contribution >= 4 is 34.8 Å². The largest absolute Gasteiger partial charge is 0.387 e. The van der Waals surface area contributed by atoms with Crippen molar-refractivity contribution in [2.24, 2.45) is 0 Å². The van der Waals surface area contributed by atoms with Gasteiger partial charge in [-0.3, -0.25) is 4.90 Å². The summed E-state index contributed by atoms with van der Waals surface area (Å²) in [6, 6.07) is 10.7. The molecule has 0 saturated heterocycles. The summed E-state index contributed by atoms with van der Waals surface area (Å²) in [6.45, 7) is 1.05. The van der Waals surface area contributed by atoms with Crippen molar-refractivity contribution in [2.75, 3.05) is 13.6 Å². The average molecular weight is 346 g/mol. The molecular formula is C15H15Cl3N2O. The molecule has 0 amide bonds. The van der Waals surface area contributed by atoms with E-state index < -0.39 is 6.10 Å². The van der Waals surface area contributed by atoms with Crippen molar-refractivity contribution < 1.29 is 5.11 Å². The first kappa shape index (κ1) is 16.5. The number of benzene rings is 1. The van der Waals surface area contributed by atoms with Crippen LogP contribution in [0.3, 0.4) is 0 Å². The van der Waals surface area contributed by atoms with E-state index in [2.05, 4.69) is 4.98 Å². The van der Waals surface area contributed by atoms with Gasteiger partial charge in [-0.25, -0.2) is 4.98 Å². The number of nitrogens with zero attached hydrogens (tertiary/aromatic N) is 2. The number of hydrogen-bond donors (Lipinski definition) is 1. The molecule has 1 unspecified atom stereocenters. The Bertz CT molecular complexity index is 604. The molecule has 6 heteroatoms. The summed E-state index contributed by atoms with van der Waals surface area (Å²) in [5, 5.41) is 11.6. The molecule has 0 spiro atoms. The third kappa shape index (κ3) is 4.83. The van der Waals surface area contributed by atoms with E-state index in [9.17, 15) is 5.11 Å². The van der Waals surface area contributed by atoms with Gasteiger partial charge >= 0.3 is 0 Å². The number of aromatic nitrogens is 1. The van der Waals surface area contributed by atoms with Gasteiger partial charge in [0.25, 0.3) is 0 Å². The first-order chi connectivity index (χ1) is 9.95. The summed E-state index contributed by atoms with van der Waals surface area (Å²) < 4.78 is 0. The molecule has 3 nitrogen and oxygen atoms in total. The highest BCUT2D eigenvalue weighted by Gasteiger charge is 2.12. The van der Waals surface area contributed by atoms with E-state index >= 15 is 0 Å². The van der Waals surface area contributed by atoms with Crippen LogP contribution in [0, 0.1) is 0 Å². The lowest BCUT2D eigenvalue weighted by molar-refractivity contribution is 0.124. The first-order valence-electron chi connectivity index (χ1n) is 6.38. The molecule has 112 valence electrons. The summed E-state index contributed by atoms with van der Waals surface area (Å²) in [5.41, 5.74) is 1.69. The molecule has 1 aromatic carbocycles.